The van der Waals surface area contributed by atoms with Crippen LogP contribution in [0, 0.1) is 5.92 Å². The van der Waals surface area contributed by atoms with Gasteiger partial charge >= 0.3 is 5.97 Å². The summed E-state index contributed by atoms with van der Waals surface area (Å²) in [6.45, 7) is 23.9. The van der Waals surface area contributed by atoms with Gasteiger partial charge in [0.05, 0.1) is 19.3 Å². The molecule has 1 aliphatic carbocycles. The molecule has 1 fully saturated rings. The van der Waals surface area contributed by atoms with Crippen molar-refractivity contribution in [1.29, 1.82) is 0 Å². The van der Waals surface area contributed by atoms with E-state index in [0.29, 0.717) is 12.8 Å². The number of aryl methyl sites for hydroxylation is 1. The summed E-state index contributed by atoms with van der Waals surface area (Å²) in [7, 11) is -2.22. The molecule has 1 aliphatic rings. The third kappa shape index (κ3) is 11.8. The van der Waals surface area contributed by atoms with Crippen molar-refractivity contribution in [3.63, 3.8) is 0 Å². The molecule has 0 heterocycles. The molecule has 7 heteroatoms. The average Bonchev–Trinajstić information content (AvgIpc) is 3.22. The lowest BCUT2D eigenvalue weighted by atomic mass is 9.84. The first-order valence-electron chi connectivity index (χ1n) is 17.2. The van der Waals surface area contributed by atoms with Gasteiger partial charge in [0.2, 0.25) is 0 Å². The summed E-state index contributed by atoms with van der Waals surface area (Å²) in [4.78, 5) is 11.4. The molecular formula is C37H66O5Si2. The van der Waals surface area contributed by atoms with E-state index in [4.69, 9.17) is 13.6 Å². The van der Waals surface area contributed by atoms with E-state index in [1.807, 2.05) is 0 Å². The highest BCUT2D eigenvalue weighted by Crippen LogP contribution is 2.47. The zero-order valence-electron chi connectivity index (χ0n) is 30.1. The van der Waals surface area contributed by atoms with E-state index in [0.717, 1.165) is 38.7 Å². The Morgan fingerprint density at radius 3 is 2.09 bits per heavy atom. The summed E-state index contributed by atoms with van der Waals surface area (Å²) in [5, 5.41) is 11.7. The molecule has 4 atom stereocenters. The Labute approximate surface area is 272 Å². The van der Waals surface area contributed by atoms with Crippen molar-refractivity contribution >= 4 is 22.6 Å². The third-order valence-electron chi connectivity index (χ3n) is 10.6. The van der Waals surface area contributed by atoms with Crippen LogP contribution < -0.4 is 0 Å². The second kappa shape index (κ2) is 17.1. The number of methoxy groups -OCH3 is 1. The van der Waals surface area contributed by atoms with E-state index in [2.05, 4.69) is 104 Å². The van der Waals surface area contributed by atoms with Gasteiger partial charge in [-0.1, -0.05) is 90.8 Å². The molecule has 1 aromatic carbocycles. The molecular weight excluding hydrogens is 581 g/mol. The van der Waals surface area contributed by atoms with Crippen molar-refractivity contribution < 1.29 is 23.5 Å². The minimum absolute atomic E-state index is 0.0167. The zero-order chi connectivity index (χ0) is 33.2. The van der Waals surface area contributed by atoms with E-state index in [1.165, 1.54) is 37.5 Å². The number of ether oxygens (including phenoxy) is 1. The van der Waals surface area contributed by atoms with Crippen LogP contribution in [-0.2, 0) is 24.8 Å². The summed E-state index contributed by atoms with van der Waals surface area (Å²) in [6, 6.07) is 9.17. The second-order valence-electron chi connectivity index (χ2n) is 16.1. The number of unbranched alkanes of at least 4 members (excludes halogenated alkanes) is 4. The van der Waals surface area contributed by atoms with E-state index >= 15 is 0 Å². The largest absolute Gasteiger partial charge is 0.469 e. The molecule has 1 aromatic rings. The number of allylic oxidation sites excluding steroid dienone is 2. The van der Waals surface area contributed by atoms with Gasteiger partial charge in [-0.15, -0.1) is 0 Å². The zero-order valence-corrected chi connectivity index (χ0v) is 32.1. The van der Waals surface area contributed by atoms with Crippen molar-refractivity contribution in [2.75, 3.05) is 13.7 Å². The smallest absolute Gasteiger partial charge is 0.305 e. The van der Waals surface area contributed by atoms with Gasteiger partial charge in [-0.25, -0.2) is 0 Å². The van der Waals surface area contributed by atoms with E-state index in [9.17, 15) is 9.90 Å². The van der Waals surface area contributed by atoms with Gasteiger partial charge in [0.25, 0.3) is 0 Å². The van der Waals surface area contributed by atoms with E-state index in [1.54, 1.807) is 0 Å². The van der Waals surface area contributed by atoms with Crippen molar-refractivity contribution in [3.05, 3.63) is 47.5 Å². The lowest BCUT2D eigenvalue weighted by Crippen LogP contribution is -2.44. The maximum atomic E-state index is 11.4. The second-order valence-corrected chi connectivity index (χ2v) is 25.7. The molecule has 0 radical (unpaired) electrons. The molecule has 0 aliphatic heterocycles. The number of carbonyl (C=O) groups excluding carboxylic acids is 1. The Balaban J connectivity index is 2.01. The van der Waals surface area contributed by atoms with Crippen LogP contribution in [-0.4, -0.2) is 53.6 Å². The maximum Gasteiger partial charge on any atom is 0.305 e. The van der Waals surface area contributed by atoms with Crippen LogP contribution in [0.2, 0.25) is 36.3 Å². The Bertz CT molecular complexity index is 1020. The normalized spacial score (nSPS) is 21.7. The molecule has 2 rings (SSSR count). The first-order valence-corrected chi connectivity index (χ1v) is 23.0. The number of aliphatic hydroxyl groups excluding tert-OH is 1. The quantitative estimate of drug-likeness (QED) is 0.0790. The minimum Gasteiger partial charge on any atom is -0.469 e. The number of carbonyl (C=O) groups is 1. The van der Waals surface area contributed by atoms with Gasteiger partial charge in [-0.2, -0.15) is 0 Å². The molecule has 0 bridgehead atoms. The molecule has 0 saturated heterocycles. The number of esters is 1. The van der Waals surface area contributed by atoms with Crippen LogP contribution in [0.25, 0.3) is 0 Å². The number of rotatable bonds is 17. The van der Waals surface area contributed by atoms with Gasteiger partial charge in [-0.3, -0.25) is 4.79 Å². The van der Waals surface area contributed by atoms with Crippen LogP contribution in [0.4, 0.5) is 0 Å². The number of aliphatic hydroxyl groups is 1. The summed E-state index contributed by atoms with van der Waals surface area (Å²) < 4.78 is 18.1. The topological polar surface area (TPSA) is 65.0 Å². The Kier molecular flexibility index (Phi) is 15.1. The maximum absolute atomic E-state index is 11.4. The molecule has 0 amide bonds. The van der Waals surface area contributed by atoms with Gasteiger partial charge in [0.1, 0.15) is 0 Å². The fraction of sp³-hybridized carbons (Fsp3) is 0.757. The molecule has 1 N–H and O–H groups in total. The van der Waals surface area contributed by atoms with Gasteiger partial charge in [-0.05, 0) is 98.3 Å². The lowest BCUT2D eigenvalue weighted by Gasteiger charge is -2.40. The predicted octanol–water partition coefficient (Wildman–Crippen LogP) is 9.96. The fourth-order valence-corrected chi connectivity index (χ4v) is 8.03. The average molecular weight is 647 g/mol. The first-order chi connectivity index (χ1) is 20.4. The third-order valence-corrected chi connectivity index (χ3v) is 19.7. The SMILES string of the molecule is COC(=O)CCC/C=C\C[C@@H]1[C@@H](c2ccc(CCCCCCO[Si](C)(C)C(C)(C)C)cc2)[C@H](O[Si](C)(C)C(C)(C)C)C[C@@H]1O. The van der Waals surface area contributed by atoms with Crippen molar-refractivity contribution in [1.82, 2.24) is 0 Å². The molecule has 1 saturated carbocycles. The van der Waals surface area contributed by atoms with Crippen LogP contribution >= 0.6 is 0 Å². The highest BCUT2D eigenvalue weighted by atomic mass is 28.4. The molecule has 44 heavy (non-hydrogen) atoms. The van der Waals surface area contributed by atoms with Crippen LogP contribution in [0.1, 0.15) is 116 Å². The standard InChI is InChI=1S/C37H66O5Si2/c1-36(2,3)43(8,9)41-27-19-15-14-16-20-29-23-25-30(26-24-29)35-31(21-17-12-13-18-22-34(39)40-7)32(38)28-33(35)42-44(10,11)37(4,5)6/h12,17,23-26,31-33,35,38H,13-16,18-22,27-28H2,1-11H3/b17-12-/t31-,32-,33+,35+/m0/s1. The van der Waals surface area contributed by atoms with Crippen LogP contribution in [0.3, 0.4) is 0 Å². The Morgan fingerprint density at radius 1 is 0.886 bits per heavy atom. The molecule has 5 nitrogen and oxygen atoms in total. The Hall–Kier alpha value is -1.26. The lowest BCUT2D eigenvalue weighted by molar-refractivity contribution is -0.140. The van der Waals surface area contributed by atoms with Crippen molar-refractivity contribution in [3.8, 4) is 0 Å². The fourth-order valence-electron chi connectivity index (χ4n) is 5.59. The summed E-state index contributed by atoms with van der Waals surface area (Å²) in [5.41, 5.74) is 2.66. The predicted molar refractivity (Wildman–Crippen MR) is 190 cm³/mol. The number of benzene rings is 1. The molecule has 0 spiro atoms. The highest BCUT2D eigenvalue weighted by molar-refractivity contribution is 6.74. The summed E-state index contributed by atoms with van der Waals surface area (Å²) in [5.74, 6) is 0.111. The highest BCUT2D eigenvalue weighted by Gasteiger charge is 2.48. The first kappa shape index (κ1) is 38.9. The monoisotopic (exact) mass is 646 g/mol. The number of hydrogen-bond donors (Lipinski definition) is 1. The van der Waals surface area contributed by atoms with Crippen molar-refractivity contribution in [2.24, 2.45) is 5.92 Å². The minimum atomic E-state index is -2.01. The summed E-state index contributed by atoms with van der Waals surface area (Å²) >= 11 is 0. The molecule has 252 valence electrons. The number of hydrogen-bond acceptors (Lipinski definition) is 5. The molecule has 0 aromatic heterocycles. The summed E-state index contributed by atoms with van der Waals surface area (Å²) in [6.07, 6.45) is 13.4. The molecule has 0 unspecified atom stereocenters. The van der Waals surface area contributed by atoms with Crippen LogP contribution in [0.15, 0.2) is 36.4 Å². The van der Waals surface area contributed by atoms with E-state index < -0.39 is 22.7 Å². The van der Waals surface area contributed by atoms with Gasteiger partial charge in [0, 0.05) is 18.9 Å². The van der Waals surface area contributed by atoms with E-state index in [-0.39, 0.29) is 34.0 Å². The van der Waals surface area contributed by atoms with Crippen molar-refractivity contribution in [2.45, 2.75) is 160 Å². The Morgan fingerprint density at radius 2 is 1.50 bits per heavy atom. The van der Waals surface area contributed by atoms with Gasteiger partial charge < -0.3 is 18.7 Å². The van der Waals surface area contributed by atoms with Gasteiger partial charge in [0.15, 0.2) is 16.6 Å². The van der Waals surface area contributed by atoms with Crippen LogP contribution in [0.5, 0.6) is 0 Å².